The Morgan fingerprint density at radius 2 is 2.25 bits per heavy atom. The van der Waals surface area contributed by atoms with Crippen LogP contribution in [0.2, 0.25) is 0 Å². The summed E-state index contributed by atoms with van der Waals surface area (Å²) in [6, 6.07) is 6.25. The van der Waals surface area contributed by atoms with Crippen molar-refractivity contribution in [3.05, 3.63) is 52.0 Å². The monoisotopic (exact) mass is 336 g/mol. The molecule has 3 N–H and O–H groups in total. The predicted molar refractivity (Wildman–Crippen MR) is 85.2 cm³/mol. The number of benzene rings is 1. The van der Waals surface area contributed by atoms with Gasteiger partial charge in [0.05, 0.1) is 6.04 Å². The van der Waals surface area contributed by atoms with E-state index in [-0.39, 0.29) is 6.04 Å². The molecule has 2 rings (SSSR count). The molecule has 2 aromatic rings. The Morgan fingerprint density at radius 3 is 2.95 bits per heavy atom. The molecule has 0 saturated carbocycles. The molecular formula is C15H21BrN4. The van der Waals surface area contributed by atoms with Crippen LogP contribution in [-0.2, 0) is 13.0 Å². The minimum absolute atomic E-state index is 0.0607. The summed E-state index contributed by atoms with van der Waals surface area (Å²) in [6.45, 7) is 5.26. The highest BCUT2D eigenvalue weighted by Crippen LogP contribution is 2.26. The molecule has 0 aliphatic rings. The zero-order valence-electron chi connectivity index (χ0n) is 11.9. The number of rotatable bonds is 6. The molecule has 4 nitrogen and oxygen atoms in total. The first-order chi connectivity index (χ1) is 9.67. The molecule has 0 radical (unpaired) electrons. The number of hydrazine groups is 1. The van der Waals surface area contributed by atoms with Crippen molar-refractivity contribution in [1.29, 1.82) is 0 Å². The first-order valence-electron chi connectivity index (χ1n) is 6.88. The van der Waals surface area contributed by atoms with Gasteiger partial charge >= 0.3 is 0 Å². The van der Waals surface area contributed by atoms with Crippen molar-refractivity contribution in [2.24, 2.45) is 5.84 Å². The van der Waals surface area contributed by atoms with Crippen LogP contribution in [0.4, 0.5) is 0 Å². The Hall–Kier alpha value is -1.17. The van der Waals surface area contributed by atoms with E-state index >= 15 is 0 Å². The molecule has 20 heavy (non-hydrogen) atoms. The smallest absolute Gasteiger partial charge is 0.110 e. The van der Waals surface area contributed by atoms with Crippen molar-refractivity contribution in [3.8, 4) is 0 Å². The second-order valence-electron chi connectivity index (χ2n) is 4.91. The molecule has 1 aromatic heterocycles. The average molecular weight is 337 g/mol. The highest BCUT2D eigenvalue weighted by atomic mass is 79.9. The van der Waals surface area contributed by atoms with E-state index in [4.69, 9.17) is 5.84 Å². The standard InChI is InChI=1S/C15H21BrN4/c1-3-8-20-9-7-18-15(20)10-14(19-17)12-5-4-6-13(16)11(12)2/h4-7,9,14,19H,3,8,10,17H2,1-2H3. The summed E-state index contributed by atoms with van der Waals surface area (Å²) in [5.41, 5.74) is 5.33. The van der Waals surface area contributed by atoms with Gasteiger partial charge in [-0.1, -0.05) is 35.0 Å². The van der Waals surface area contributed by atoms with Crippen LogP contribution >= 0.6 is 15.9 Å². The quantitative estimate of drug-likeness (QED) is 0.629. The molecule has 1 atom stereocenters. The molecule has 0 amide bonds. The first-order valence-corrected chi connectivity index (χ1v) is 7.67. The normalized spacial score (nSPS) is 12.6. The summed E-state index contributed by atoms with van der Waals surface area (Å²) in [5.74, 6) is 6.83. The Labute approximate surface area is 128 Å². The van der Waals surface area contributed by atoms with Crippen LogP contribution in [0.1, 0.15) is 36.3 Å². The van der Waals surface area contributed by atoms with Crippen molar-refractivity contribution in [1.82, 2.24) is 15.0 Å². The van der Waals surface area contributed by atoms with E-state index in [1.807, 2.05) is 24.5 Å². The summed E-state index contributed by atoms with van der Waals surface area (Å²) >= 11 is 3.57. The second-order valence-corrected chi connectivity index (χ2v) is 5.77. The fraction of sp³-hybridized carbons (Fsp3) is 0.400. The van der Waals surface area contributed by atoms with Crippen molar-refractivity contribution in [2.45, 2.75) is 39.3 Å². The van der Waals surface area contributed by atoms with Gasteiger partial charge in [-0.25, -0.2) is 4.98 Å². The fourth-order valence-corrected chi connectivity index (χ4v) is 2.80. The summed E-state index contributed by atoms with van der Waals surface area (Å²) in [4.78, 5) is 4.46. The van der Waals surface area contributed by atoms with Gasteiger partial charge in [0.15, 0.2) is 0 Å². The van der Waals surface area contributed by atoms with Gasteiger partial charge in [0.1, 0.15) is 5.82 Å². The van der Waals surface area contributed by atoms with Crippen LogP contribution in [0.5, 0.6) is 0 Å². The Morgan fingerprint density at radius 1 is 1.45 bits per heavy atom. The molecule has 0 aliphatic carbocycles. The molecular weight excluding hydrogens is 316 g/mol. The lowest BCUT2D eigenvalue weighted by Gasteiger charge is -2.19. The van der Waals surface area contributed by atoms with Crippen LogP contribution in [0, 0.1) is 6.92 Å². The summed E-state index contributed by atoms with van der Waals surface area (Å²) in [5, 5.41) is 0. The van der Waals surface area contributed by atoms with Gasteiger partial charge in [-0.2, -0.15) is 0 Å². The number of hydrogen-bond donors (Lipinski definition) is 2. The van der Waals surface area contributed by atoms with Crippen molar-refractivity contribution >= 4 is 15.9 Å². The first kappa shape index (κ1) is 15.2. The zero-order valence-corrected chi connectivity index (χ0v) is 13.5. The molecule has 1 heterocycles. The van der Waals surface area contributed by atoms with Gasteiger partial charge in [-0.3, -0.25) is 11.3 Å². The van der Waals surface area contributed by atoms with E-state index in [9.17, 15) is 0 Å². The number of aromatic nitrogens is 2. The summed E-state index contributed by atoms with van der Waals surface area (Å²) in [6.07, 6.45) is 5.76. The van der Waals surface area contributed by atoms with E-state index in [1.54, 1.807) is 0 Å². The van der Waals surface area contributed by atoms with E-state index in [0.29, 0.717) is 0 Å². The molecule has 5 heteroatoms. The minimum atomic E-state index is 0.0607. The lowest BCUT2D eigenvalue weighted by molar-refractivity contribution is 0.515. The number of halogens is 1. The third-order valence-corrected chi connectivity index (χ3v) is 4.40. The number of hydrogen-bond acceptors (Lipinski definition) is 3. The van der Waals surface area contributed by atoms with Crippen LogP contribution < -0.4 is 11.3 Å². The maximum Gasteiger partial charge on any atom is 0.110 e. The molecule has 0 saturated heterocycles. The van der Waals surface area contributed by atoms with Crippen LogP contribution in [0.3, 0.4) is 0 Å². The number of nitrogens with two attached hydrogens (primary N) is 1. The number of imidazole rings is 1. The molecule has 0 spiro atoms. The number of aryl methyl sites for hydroxylation is 1. The highest BCUT2D eigenvalue weighted by molar-refractivity contribution is 9.10. The molecule has 0 fully saturated rings. The van der Waals surface area contributed by atoms with E-state index in [2.05, 4.69) is 50.8 Å². The maximum absolute atomic E-state index is 5.76. The number of nitrogens with one attached hydrogen (secondary N) is 1. The fourth-order valence-electron chi connectivity index (χ4n) is 2.42. The maximum atomic E-state index is 5.76. The molecule has 0 bridgehead atoms. The Kier molecular flexibility index (Phi) is 5.34. The summed E-state index contributed by atoms with van der Waals surface area (Å²) < 4.78 is 3.30. The Bertz CT molecular complexity index is 565. The van der Waals surface area contributed by atoms with Crippen molar-refractivity contribution < 1.29 is 0 Å². The topological polar surface area (TPSA) is 55.9 Å². The highest BCUT2D eigenvalue weighted by Gasteiger charge is 2.16. The lowest BCUT2D eigenvalue weighted by Crippen LogP contribution is -2.31. The molecule has 108 valence electrons. The van der Waals surface area contributed by atoms with Gasteiger partial charge in [0, 0.05) is 29.8 Å². The minimum Gasteiger partial charge on any atom is -0.335 e. The van der Waals surface area contributed by atoms with Crippen LogP contribution in [0.25, 0.3) is 0 Å². The number of nitrogens with zero attached hydrogens (tertiary/aromatic N) is 2. The summed E-state index contributed by atoms with van der Waals surface area (Å²) in [7, 11) is 0. The van der Waals surface area contributed by atoms with Crippen LogP contribution in [0.15, 0.2) is 35.1 Å². The molecule has 1 aromatic carbocycles. The van der Waals surface area contributed by atoms with Gasteiger partial charge in [-0.15, -0.1) is 0 Å². The predicted octanol–water partition coefficient (Wildman–Crippen LogP) is 3.11. The van der Waals surface area contributed by atoms with E-state index in [0.717, 1.165) is 29.7 Å². The molecule has 1 unspecified atom stereocenters. The zero-order chi connectivity index (χ0) is 14.5. The largest absolute Gasteiger partial charge is 0.335 e. The SMILES string of the molecule is CCCn1ccnc1CC(NN)c1cccc(Br)c1C. The third kappa shape index (κ3) is 3.29. The molecule has 0 aliphatic heterocycles. The van der Waals surface area contributed by atoms with Crippen molar-refractivity contribution in [2.75, 3.05) is 0 Å². The van der Waals surface area contributed by atoms with E-state index in [1.165, 1.54) is 11.1 Å². The van der Waals surface area contributed by atoms with Gasteiger partial charge < -0.3 is 4.57 Å². The third-order valence-electron chi connectivity index (χ3n) is 3.54. The van der Waals surface area contributed by atoms with Crippen molar-refractivity contribution in [3.63, 3.8) is 0 Å². The van der Waals surface area contributed by atoms with Gasteiger partial charge in [0.2, 0.25) is 0 Å². The van der Waals surface area contributed by atoms with Gasteiger partial charge in [-0.05, 0) is 30.5 Å². The lowest BCUT2D eigenvalue weighted by atomic mass is 9.99. The Balaban J connectivity index is 2.24. The van der Waals surface area contributed by atoms with Gasteiger partial charge in [0.25, 0.3) is 0 Å². The average Bonchev–Trinajstić information content (AvgIpc) is 2.87. The van der Waals surface area contributed by atoms with E-state index < -0.39 is 0 Å². The second kappa shape index (κ2) is 7.02. The van der Waals surface area contributed by atoms with Crippen LogP contribution in [-0.4, -0.2) is 9.55 Å².